The van der Waals surface area contributed by atoms with Crippen molar-refractivity contribution in [2.45, 2.75) is 64.0 Å². The number of benzene rings is 1. The Kier molecular flexibility index (Phi) is 10.9. The molecule has 0 unspecified atom stereocenters. The van der Waals surface area contributed by atoms with E-state index in [1.165, 1.54) is 12.7 Å². The van der Waals surface area contributed by atoms with Crippen LogP contribution in [0.4, 0.5) is 0 Å². The van der Waals surface area contributed by atoms with Gasteiger partial charge in [-0.1, -0.05) is 30.3 Å². The summed E-state index contributed by atoms with van der Waals surface area (Å²) in [7, 11) is 1.44. The maximum absolute atomic E-state index is 13.3. The van der Waals surface area contributed by atoms with E-state index in [1.807, 2.05) is 23.0 Å². The molecule has 206 valence electrons. The lowest BCUT2D eigenvalue weighted by Gasteiger charge is -2.28. The molecule has 1 aliphatic carbocycles. The number of carbonyl (C=O) groups is 1. The molecular formula is C28H37Cl2N5O3. The lowest BCUT2D eigenvalue weighted by molar-refractivity contribution is -0.141. The predicted octanol–water partition coefficient (Wildman–Crippen LogP) is 4.56. The molecule has 3 aromatic rings. The molecule has 3 heterocycles. The van der Waals surface area contributed by atoms with E-state index in [4.69, 9.17) is 14.7 Å². The van der Waals surface area contributed by atoms with Crippen molar-refractivity contribution in [2.24, 2.45) is 5.92 Å². The van der Waals surface area contributed by atoms with Crippen LogP contribution in [0.5, 0.6) is 0 Å². The van der Waals surface area contributed by atoms with Crippen molar-refractivity contribution < 1.29 is 9.53 Å². The van der Waals surface area contributed by atoms with Crippen LogP contribution in [-0.2, 0) is 28.9 Å². The van der Waals surface area contributed by atoms with Crippen LogP contribution in [0.25, 0.3) is 5.82 Å². The number of methoxy groups -OCH3 is 1. The molecule has 1 fully saturated rings. The average molecular weight is 563 g/mol. The zero-order valence-corrected chi connectivity index (χ0v) is 23.5. The lowest BCUT2D eigenvalue weighted by atomic mass is 9.83. The molecular weight excluding hydrogens is 525 g/mol. The second-order valence-corrected chi connectivity index (χ2v) is 10.0. The Morgan fingerprint density at radius 1 is 1.00 bits per heavy atom. The average Bonchev–Trinajstić information content (AvgIpc) is 3.19. The minimum absolute atomic E-state index is 0. The van der Waals surface area contributed by atoms with Gasteiger partial charge in [0.25, 0.3) is 0 Å². The van der Waals surface area contributed by atoms with E-state index < -0.39 is 0 Å². The first-order valence-corrected chi connectivity index (χ1v) is 13.1. The third-order valence-electron chi connectivity index (χ3n) is 7.74. The summed E-state index contributed by atoms with van der Waals surface area (Å²) in [6.45, 7) is 2.80. The van der Waals surface area contributed by atoms with Gasteiger partial charge in [0.1, 0.15) is 0 Å². The molecule has 38 heavy (non-hydrogen) atoms. The normalized spacial score (nSPS) is 19.4. The fourth-order valence-electron chi connectivity index (χ4n) is 5.58. The second kappa shape index (κ2) is 13.9. The van der Waals surface area contributed by atoms with Crippen LogP contribution in [0.15, 0.2) is 53.7 Å². The Bertz CT molecular complexity index is 1240. The number of ether oxygens (including phenoxy) is 1. The van der Waals surface area contributed by atoms with Gasteiger partial charge in [0, 0.05) is 57.3 Å². The molecule has 1 saturated carbocycles. The summed E-state index contributed by atoms with van der Waals surface area (Å²) >= 11 is 0. The molecule has 8 nitrogen and oxygen atoms in total. The molecule has 0 radical (unpaired) electrons. The van der Waals surface area contributed by atoms with Crippen molar-refractivity contribution >= 4 is 30.8 Å². The number of nitrogens with zero attached hydrogens (tertiary/aromatic N) is 5. The highest BCUT2D eigenvalue weighted by atomic mass is 35.5. The third kappa shape index (κ3) is 7.04. The van der Waals surface area contributed by atoms with Gasteiger partial charge in [0.15, 0.2) is 5.82 Å². The van der Waals surface area contributed by atoms with Crippen molar-refractivity contribution in [1.29, 1.82) is 0 Å². The minimum atomic E-state index is -0.142. The number of fused-ring (bicyclic) bond motifs is 1. The van der Waals surface area contributed by atoms with Crippen LogP contribution in [-0.4, -0.2) is 50.2 Å². The standard InChI is InChI=1S/C28H35N5O3.2ClH/c1-36-27(34)12-9-21-7-10-23(11-8-21)32-17-18-33(28(32)35)26-19-29-24-13-15-31(16-14-25(24)30-26)20-22-5-3-2-4-6-22;;/h2-6,17-19,21,23H,7-16,20H2,1H3;2*1H. The van der Waals surface area contributed by atoms with Crippen LogP contribution < -0.4 is 5.69 Å². The van der Waals surface area contributed by atoms with Crippen LogP contribution in [0.1, 0.15) is 61.5 Å². The Balaban J connectivity index is 0.00000200. The molecule has 2 aromatic heterocycles. The SMILES string of the molecule is COC(=O)CCC1CCC(n2ccn(-c3cnc4c(n3)CCN(Cc3ccccc3)CC4)c2=O)CC1.Cl.Cl. The van der Waals surface area contributed by atoms with E-state index in [-0.39, 0.29) is 42.5 Å². The molecule has 1 aromatic carbocycles. The van der Waals surface area contributed by atoms with E-state index in [1.54, 1.807) is 10.8 Å². The van der Waals surface area contributed by atoms with Gasteiger partial charge in [-0.15, -0.1) is 24.8 Å². The fraction of sp³-hybridized carbons (Fsp3) is 0.500. The number of hydrogen-bond acceptors (Lipinski definition) is 6. The summed E-state index contributed by atoms with van der Waals surface area (Å²) in [6, 6.07) is 10.7. The molecule has 0 saturated heterocycles. The molecule has 0 bridgehead atoms. The minimum Gasteiger partial charge on any atom is -0.469 e. The first-order valence-electron chi connectivity index (χ1n) is 13.1. The van der Waals surface area contributed by atoms with Crippen molar-refractivity contribution in [3.63, 3.8) is 0 Å². The first-order chi connectivity index (χ1) is 17.6. The van der Waals surface area contributed by atoms with E-state index in [2.05, 4.69) is 29.2 Å². The van der Waals surface area contributed by atoms with Gasteiger partial charge in [-0.05, 0) is 43.6 Å². The van der Waals surface area contributed by atoms with E-state index in [0.29, 0.717) is 18.2 Å². The summed E-state index contributed by atoms with van der Waals surface area (Å²) < 4.78 is 8.24. The van der Waals surface area contributed by atoms with Gasteiger partial charge in [0.05, 0.1) is 24.7 Å². The number of esters is 1. The summed E-state index contributed by atoms with van der Waals surface area (Å²) in [6.07, 6.45) is 12.4. The Morgan fingerprint density at radius 2 is 1.71 bits per heavy atom. The van der Waals surface area contributed by atoms with Gasteiger partial charge in [-0.2, -0.15) is 0 Å². The van der Waals surface area contributed by atoms with Crippen molar-refractivity contribution in [3.05, 3.63) is 76.4 Å². The lowest BCUT2D eigenvalue weighted by Crippen LogP contribution is -2.29. The van der Waals surface area contributed by atoms with E-state index in [0.717, 1.165) is 76.0 Å². The number of carbonyl (C=O) groups excluding carboxylic acids is 1. The number of halogens is 2. The Morgan fingerprint density at radius 3 is 2.42 bits per heavy atom. The van der Waals surface area contributed by atoms with Crippen molar-refractivity contribution in [1.82, 2.24) is 24.0 Å². The Labute approximate surface area is 236 Å². The maximum Gasteiger partial charge on any atom is 0.334 e. The topological polar surface area (TPSA) is 82.2 Å². The largest absolute Gasteiger partial charge is 0.469 e. The Hall–Kier alpha value is -2.68. The monoisotopic (exact) mass is 561 g/mol. The molecule has 0 N–H and O–H groups in total. The molecule has 5 rings (SSSR count). The molecule has 10 heteroatoms. The molecule has 0 amide bonds. The number of rotatable bonds is 7. The molecule has 0 spiro atoms. The number of aromatic nitrogens is 4. The summed E-state index contributed by atoms with van der Waals surface area (Å²) in [5.74, 6) is 0.979. The fourth-order valence-corrected chi connectivity index (χ4v) is 5.58. The smallest absolute Gasteiger partial charge is 0.334 e. The first kappa shape index (κ1) is 29.9. The highest BCUT2D eigenvalue weighted by Crippen LogP contribution is 2.34. The van der Waals surface area contributed by atoms with Gasteiger partial charge >= 0.3 is 11.7 Å². The maximum atomic E-state index is 13.3. The highest BCUT2D eigenvalue weighted by Gasteiger charge is 2.25. The van der Waals surface area contributed by atoms with E-state index in [9.17, 15) is 9.59 Å². The quantitative estimate of drug-likeness (QED) is 0.393. The number of hydrogen-bond donors (Lipinski definition) is 0. The second-order valence-electron chi connectivity index (χ2n) is 10.0. The van der Waals surface area contributed by atoms with Gasteiger partial charge in [-0.25, -0.2) is 9.78 Å². The van der Waals surface area contributed by atoms with Crippen molar-refractivity contribution in [3.8, 4) is 5.82 Å². The van der Waals surface area contributed by atoms with Crippen LogP contribution in [0.2, 0.25) is 0 Å². The van der Waals surface area contributed by atoms with Gasteiger partial charge < -0.3 is 4.74 Å². The summed E-state index contributed by atoms with van der Waals surface area (Å²) in [5, 5.41) is 0. The zero-order chi connectivity index (χ0) is 24.9. The third-order valence-corrected chi connectivity index (χ3v) is 7.74. The molecule has 2 aliphatic rings. The molecule has 1 aliphatic heterocycles. The highest BCUT2D eigenvalue weighted by molar-refractivity contribution is 5.85. The predicted molar refractivity (Wildman–Crippen MR) is 151 cm³/mol. The van der Waals surface area contributed by atoms with E-state index >= 15 is 0 Å². The van der Waals surface area contributed by atoms with Gasteiger partial charge in [0.2, 0.25) is 0 Å². The van der Waals surface area contributed by atoms with Crippen molar-refractivity contribution in [2.75, 3.05) is 20.2 Å². The molecule has 0 atom stereocenters. The van der Waals surface area contributed by atoms with Crippen LogP contribution >= 0.6 is 24.8 Å². The summed E-state index contributed by atoms with van der Waals surface area (Å²) in [5.41, 5.74) is 3.29. The zero-order valence-electron chi connectivity index (χ0n) is 21.8. The van der Waals surface area contributed by atoms with Crippen LogP contribution in [0, 0.1) is 5.92 Å². The number of imidazole rings is 1. The van der Waals surface area contributed by atoms with Gasteiger partial charge in [-0.3, -0.25) is 23.8 Å². The van der Waals surface area contributed by atoms with Crippen LogP contribution in [0.3, 0.4) is 0 Å². The summed E-state index contributed by atoms with van der Waals surface area (Å²) in [4.78, 5) is 36.8.